The van der Waals surface area contributed by atoms with Crippen molar-refractivity contribution < 1.29 is 24.3 Å². The van der Waals surface area contributed by atoms with Gasteiger partial charge in [-0.1, -0.05) is 12.1 Å². The number of carboxylic acids is 1. The van der Waals surface area contributed by atoms with Crippen LogP contribution in [0, 0.1) is 0 Å². The van der Waals surface area contributed by atoms with E-state index < -0.39 is 58.0 Å². The molecular formula is C20H27N5O5S. The highest BCUT2D eigenvalue weighted by Crippen LogP contribution is 2.50. The van der Waals surface area contributed by atoms with Gasteiger partial charge in [-0.15, -0.1) is 11.8 Å². The van der Waals surface area contributed by atoms with Crippen LogP contribution in [0.4, 0.5) is 5.69 Å². The normalized spacial score (nSPS) is 25.7. The number of anilines is 1. The van der Waals surface area contributed by atoms with Gasteiger partial charge in [-0.3, -0.25) is 14.4 Å². The Labute approximate surface area is 184 Å². The first kappa shape index (κ1) is 22.9. The van der Waals surface area contributed by atoms with Gasteiger partial charge in [0.15, 0.2) is 0 Å². The molecule has 1 aromatic carbocycles. The number of hydrogen-bond acceptors (Lipinski definition) is 7. The third-order valence-corrected chi connectivity index (χ3v) is 7.16. The molecule has 31 heavy (non-hydrogen) atoms. The molecule has 2 heterocycles. The number of nitrogens with one attached hydrogen (secondary N) is 3. The van der Waals surface area contributed by atoms with E-state index in [4.69, 9.17) is 5.73 Å². The first-order chi connectivity index (χ1) is 14.5. The smallest absolute Gasteiger partial charge is 0.327 e. The van der Waals surface area contributed by atoms with E-state index in [1.807, 2.05) is 0 Å². The van der Waals surface area contributed by atoms with E-state index in [1.54, 1.807) is 52.1 Å². The maximum absolute atomic E-state index is 13.1. The van der Waals surface area contributed by atoms with Crippen LogP contribution in [-0.4, -0.2) is 69.0 Å². The number of amides is 3. The first-order valence-corrected chi connectivity index (χ1v) is 10.7. The number of carboxylic acid groups (broad SMARTS) is 1. The van der Waals surface area contributed by atoms with Gasteiger partial charge in [-0.25, -0.2) is 4.79 Å². The highest BCUT2D eigenvalue weighted by atomic mass is 32.2. The van der Waals surface area contributed by atoms with Crippen LogP contribution in [-0.2, 0) is 19.2 Å². The van der Waals surface area contributed by atoms with Crippen molar-refractivity contribution >= 4 is 41.1 Å². The van der Waals surface area contributed by atoms with Crippen LogP contribution in [0.15, 0.2) is 24.3 Å². The highest BCUT2D eigenvalue weighted by molar-refractivity contribution is 8.01. The molecule has 11 heteroatoms. The minimum absolute atomic E-state index is 0.394. The van der Waals surface area contributed by atoms with Gasteiger partial charge in [-0.2, -0.15) is 0 Å². The van der Waals surface area contributed by atoms with Gasteiger partial charge in [-0.05, 0) is 45.5 Å². The number of nitrogen functional groups attached to an aromatic ring is 1. The van der Waals surface area contributed by atoms with Crippen molar-refractivity contribution in [2.75, 3.05) is 12.8 Å². The molecule has 5 atom stereocenters. The maximum atomic E-state index is 13.1. The molecule has 6 N–H and O–H groups in total. The topological polar surface area (TPSA) is 154 Å². The summed E-state index contributed by atoms with van der Waals surface area (Å²) in [5, 5.41) is 17.2. The standard InChI is InChI=1S/C20H27N5O5S/c1-9(22-4)15(26)23-12(10-6-5-7-11(21)8-10)16(27)24-13-17(28)25-14(19(29)30)20(2,3)31-18(13)25/h5-9,12-14,18,22H,21H2,1-4H3,(H,23,26)(H,24,27)(H,29,30)/t9?,12?,13?,14-,18+/m0/s1. The number of β-lactam (4-membered cyclic amide) rings is 1. The number of likely N-dealkylation sites (N-methyl/N-ethyl adjacent to an activating group) is 1. The Morgan fingerprint density at radius 1 is 1.26 bits per heavy atom. The van der Waals surface area contributed by atoms with Gasteiger partial charge in [0.1, 0.15) is 23.5 Å². The predicted molar refractivity (Wildman–Crippen MR) is 116 cm³/mol. The van der Waals surface area contributed by atoms with Crippen LogP contribution in [0.25, 0.3) is 0 Å². The van der Waals surface area contributed by atoms with Crippen molar-refractivity contribution in [3.8, 4) is 0 Å². The zero-order chi connectivity index (χ0) is 23.1. The molecule has 0 saturated carbocycles. The van der Waals surface area contributed by atoms with Crippen molar-refractivity contribution in [1.29, 1.82) is 0 Å². The molecule has 2 aliphatic rings. The summed E-state index contributed by atoms with van der Waals surface area (Å²) in [7, 11) is 1.62. The number of carbonyl (C=O) groups is 4. The average molecular weight is 450 g/mol. The van der Waals surface area contributed by atoms with Gasteiger partial charge in [0.25, 0.3) is 0 Å². The van der Waals surface area contributed by atoms with Crippen LogP contribution in [0.5, 0.6) is 0 Å². The molecule has 10 nitrogen and oxygen atoms in total. The lowest BCUT2D eigenvalue weighted by atomic mass is 9.95. The molecule has 2 saturated heterocycles. The molecule has 168 valence electrons. The fourth-order valence-electron chi connectivity index (χ4n) is 3.82. The fourth-order valence-corrected chi connectivity index (χ4v) is 5.44. The second-order valence-electron chi connectivity index (χ2n) is 8.21. The predicted octanol–water partition coefficient (Wildman–Crippen LogP) is -0.334. The summed E-state index contributed by atoms with van der Waals surface area (Å²) in [4.78, 5) is 51.2. The quantitative estimate of drug-likeness (QED) is 0.280. The summed E-state index contributed by atoms with van der Waals surface area (Å²) in [5.41, 5.74) is 6.74. The van der Waals surface area contributed by atoms with Crippen LogP contribution < -0.4 is 21.7 Å². The minimum atomic E-state index is -1.08. The van der Waals surface area contributed by atoms with E-state index in [9.17, 15) is 24.3 Å². The molecule has 1 aromatic rings. The van der Waals surface area contributed by atoms with E-state index >= 15 is 0 Å². The van der Waals surface area contributed by atoms with Crippen molar-refractivity contribution in [3.63, 3.8) is 0 Å². The SMILES string of the molecule is CNC(C)C(=O)NC(C(=O)NC1C(=O)N2[C@@H]1SC(C)(C)[C@@H]2C(=O)O)c1cccc(N)c1. The highest BCUT2D eigenvalue weighted by Gasteiger charge is 2.64. The Bertz CT molecular complexity index is 923. The molecule has 3 amide bonds. The molecule has 0 spiro atoms. The number of nitrogens with two attached hydrogens (primary N) is 1. The molecule has 0 aromatic heterocycles. The van der Waals surface area contributed by atoms with Crippen LogP contribution in [0.3, 0.4) is 0 Å². The molecule has 3 unspecified atom stereocenters. The van der Waals surface area contributed by atoms with E-state index in [0.717, 1.165) is 0 Å². The Morgan fingerprint density at radius 3 is 2.52 bits per heavy atom. The summed E-state index contributed by atoms with van der Waals surface area (Å²) in [5.74, 6) is -2.50. The minimum Gasteiger partial charge on any atom is -0.480 e. The average Bonchev–Trinajstić information content (AvgIpc) is 2.97. The summed E-state index contributed by atoms with van der Waals surface area (Å²) in [6.45, 7) is 5.17. The van der Waals surface area contributed by atoms with E-state index in [1.165, 1.54) is 16.7 Å². The van der Waals surface area contributed by atoms with Crippen molar-refractivity contribution in [1.82, 2.24) is 20.9 Å². The van der Waals surface area contributed by atoms with Crippen molar-refractivity contribution in [3.05, 3.63) is 29.8 Å². The Kier molecular flexibility index (Phi) is 6.19. The van der Waals surface area contributed by atoms with Crippen LogP contribution >= 0.6 is 11.8 Å². The number of aliphatic carboxylic acids is 1. The van der Waals surface area contributed by atoms with Gasteiger partial charge < -0.3 is 31.7 Å². The number of fused-ring (bicyclic) bond motifs is 1. The molecular weight excluding hydrogens is 422 g/mol. The lowest BCUT2D eigenvalue weighted by molar-refractivity contribution is -0.161. The molecule has 2 aliphatic heterocycles. The first-order valence-electron chi connectivity index (χ1n) is 9.84. The Hall–Kier alpha value is -2.79. The summed E-state index contributed by atoms with van der Waals surface area (Å²) in [6.07, 6.45) is 0. The second-order valence-corrected chi connectivity index (χ2v) is 9.98. The molecule has 3 rings (SSSR count). The van der Waals surface area contributed by atoms with E-state index in [-0.39, 0.29) is 0 Å². The van der Waals surface area contributed by atoms with Gasteiger partial charge >= 0.3 is 5.97 Å². The van der Waals surface area contributed by atoms with Crippen LogP contribution in [0.1, 0.15) is 32.4 Å². The maximum Gasteiger partial charge on any atom is 0.327 e. The molecule has 2 fully saturated rings. The van der Waals surface area contributed by atoms with Gasteiger partial charge in [0, 0.05) is 10.4 Å². The molecule has 0 radical (unpaired) electrons. The fraction of sp³-hybridized carbons (Fsp3) is 0.500. The molecule has 0 aliphatic carbocycles. The number of thioether (sulfide) groups is 1. The number of benzene rings is 1. The summed E-state index contributed by atoms with van der Waals surface area (Å²) < 4.78 is -0.699. The van der Waals surface area contributed by atoms with Crippen molar-refractivity contribution in [2.24, 2.45) is 0 Å². The number of carbonyl (C=O) groups excluding carboxylic acids is 3. The lowest BCUT2D eigenvalue weighted by Crippen LogP contribution is -2.71. The largest absolute Gasteiger partial charge is 0.480 e. The zero-order valence-electron chi connectivity index (χ0n) is 17.7. The third-order valence-electron chi connectivity index (χ3n) is 5.59. The van der Waals surface area contributed by atoms with Gasteiger partial charge in [0.05, 0.1) is 6.04 Å². The van der Waals surface area contributed by atoms with E-state index in [2.05, 4.69) is 16.0 Å². The van der Waals surface area contributed by atoms with E-state index in [0.29, 0.717) is 11.3 Å². The number of hydrogen-bond donors (Lipinski definition) is 5. The Morgan fingerprint density at radius 2 is 1.94 bits per heavy atom. The number of rotatable bonds is 7. The summed E-state index contributed by atoms with van der Waals surface area (Å²) >= 11 is 1.33. The van der Waals surface area contributed by atoms with Crippen molar-refractivity contribution in [2.45, 2.75) is 55.1 Å². The van der Waals surface area contributed by atoms with Crippen LogP contribution in [0.2, 0.25) is 0 Å². The summed E-state index contributed by atoms with van der Waals surface area (Å²) in [6, 6.07) is 3.12. The lowest BCUT2D eigenvalue weighted by Gasteiger charge is -2.44. The third kappa shape index (κ3) is 4.19. The van der Waals surface area contributed by atoms with Gasteiger partial charge in [0.2, 0.25) is 17.7 Å². The Balaban J connectivity index is 1.80. The monoisotopic (exact) mass is 449 g/mol. The second kappa shape index (κ2) is 8.39. The number of nitrogens with zero attached hydrogens (tertiary/aromatic N) is 1. The molecule has 0 bridgehead atoms. The zero-order valence-corrected chi connectivity index (χ0v) is 18.5.